The molecule has 21 heavy (non-hydrogen) atoms. The highest BCUT2D eigenvalue weighted by Crippen LogP contribution is 2.33. The van der Waals surface area contributed by atoms with Crippen molar-refractivity contribution in [1.82, 2.24) is 5.32 Å². The van der Waals surface area contributed by atoms with Crippen molar-refractivity contribution in [2.75, 3.05) is 12.3 Å². The van der Waals surface area contributed by atoms with Gasteiger partial charge in [0, 0.05) is 17.8 Å². The Morgan fingerprint density at radius 2 is 2.10 bits per heavy atom. The molecular weight excluding hydrogens is 264 g/mol. The Morgan fingerprint density at radius 1 is 1.29 bits per heavy atom. The van der Waals surface area contributed by atoms with Crippen LogP contribution in [0.4, 0.5) is 5.69 Å². The molecule has 108 valence electrons. The van der Waals surface area contributed by atoms with Gasteiger partial charge in [-0.15, -0.1) is 0 Å². The topological polar surface area (TPSA) is 64.3 Å². The Morgan fingerprint density at radius 3 is 2.95 bits per heavy atom. The Bertz CT molecular complexity index is 682. The molecule has 0 aliphatic carbocycles. The molecule has 3 N–H and O–H groups in total. The van der Waals surface area contributed by atoms with E-state index in [1.807, 2.05) is 49.4 Å². The van der Waals surface area contributed by atoms with Gasteiger partial charge in [-0.1, -0.05) is 30.3 Å². The smallest absolute Gasteiger partial charge is 0.231 e. The molecule has 1 aliphatic rings. The molecular formula is C17H18N2O2. The van der Waals surface area contributed by atoms with Crippen LogP contribution in [0.3, 0.4) is 0 Å². The summed E-state index contributed by atoms with van der Waals surface area (Å²) in [5.74, 6) is 0.558. The number of nitrogens with one attached hydrogen (secondary N) is 1. The van der Waals surface area contributed by atoms with E-state index < -0.39 is 0 Å². The summed E-state index contributed by atoms with van der Waals surface area (Å²) in [7, 11) is 0. The molecule has 0 spiro atoms. The number of carbonyl (C=O) groups excluding carboxylic acids is 1. The van der Waals surface area contributed by atoms with Gasteiger partial charge in [-0.25, -0.2) is 0 Å². The van der Waals surface area contributed by atoms with Crippen LogP contribution in [0.25, 0.3) is 0 Å². The van der Waals surface area contributed by atoms with E-state index in [9.17, 15) is 4.79 Å². The summed E-state index contributed by atoms with van der Waals surface area (Å²) in [5.41, 5.74) is 9.64. The maximum Gasteiger partial charge on any atom is 0.231 e. The van der Waals surface area contributed by atoms with Crippen LogP contribution in [0.1, 0.15) is 22.6 Å². The Kier molecular flexibility index (Phi) is 3.52. The molecule has 4 heteroatoms. The summed E-state index contributed by atoms with van der Waals surface area (Å²) in [6.45, 7) is 2.85. The normalized spacial score (nSPS) is 16.1. The molecule has 1 amide bonds. The maximum absolute atomic E-state index is 12.4. The average molecular weight is 282 g/mol. The number of hydrogen-bond acceptors (Lipinski definition) is 3. The highest BCUT2D eigenvalue weighted by atomic mass is 16.5. The first kappa shape index (κ1) is 13.5. The first-order chi connectivity index (χ1) is 10.2. The molecule has 3 rings (SSSR count). The van der Waals surface area contributed by atoms with E-state index in [0.717, 1.165) is 28.1 Å². The van der Waals surface area contributed by atoms with Gasteiger partial charge in [0.15, 0.2) is 0 Å². The zero-order valence-electron chi connectivity index (χ0n) is 11.9. The molecule has 0 bridgehead atoms. The Hall–Kier alpha value is -2.49. The van der Waals surface area contributed by atoms with Gasteiger partial charge in [-0.05, 0) is 30.2 Å². The lowest BCUT2D eigenvalue weighted by Gasteiger charge is -2.12. The zero-order chi connectivity index (χ0) is 14.8. The van der Waals surface area contributed by atoms with Crippen molar-refractivity contribution in [2.24, 2.45) is 0 Å². The molecule has 0 saturated heterocycles. The van der Waals surface area contributed by atoms with Gasteiger partial charge in [0.1, 0.15) is 18.3 Å². The van der Waals surface area contributed by atoms with Crippen LogP contribution < -0.4 is 15.8 Å². The van der Waals surface area contributed by atoms with Gasteiger partial charge < -0.3 is 15.8 Å². The minimum Gasteiger partial charge on any atom is -0.492 e. The van der Waals surface area contributed by atoms with Crippen LogP contribution in [-0.2, 0) is 11.3 Å². The summed E-state index contributed by atoms with van der Waals surface area (Å²) in [6.07, 6.45) is 0. The first-order valence-corrected chi connectivity index (χ1v) is 7.00. The third-order valence-corrected chi connectivity index (χ3v) is 3.96. The number of nitrogens with two attached hydrogens (primary N) is 1. The third-order valence-electron chi connectivity index (χ3n) is 3.96. The Balaban J connectivity index is 1.69. The van der Waals surface area contributed by atoms with Crippen molar-refractivity contribution in [3.8, 4) is 5.75 Å². The quantitative estimate of drug-likeness (QED) is 0.849. The van der Waals surface area contributed by atoms with Gasteiger partial charge in [0.2, 0.25) is 5.91 Å². The van der Waals surface area contributed by atoms with E-state index in [-0.39, 0.29) is 11.8 Å². The third kappa shape index (κ3) is 2.57. The van der Waals surface area contributed by atoms with Gasteiger partial charge in [-0.3, -0.25) is 4.79 Å². The second kappa shape index (κ2) is 5.48. The number of fused-ring (bicyclic) bond motifs is 1. The van der Waals surface area contributed by atoms with Crippen molar-refractivity contribution < 1.29 is 9.53 Å². The number of amides is 1. The van der Waals surface area contributed by atoms with Crippen molar-refractivity contribution in [3.63, 3.8) is 0 Å². The summed E-state index contributed by atoms with van der Waals surface area (Å²) in [6, 6.07) is 13.4. The molecule has 2 aromatic rings. The molecule has 1 heterocycles. The SMILES string of the molecule is Cc1c(N)cccc1CNC(=O)C1COc2ccccc21. The number of hydrogen-bond donors (Lipinski definition) is 2. The minimum absolute atomic E-state index is 0.0122. The summed E-state index contributed by atoms with van der Waals surface area (Å²) in [4.78, 5) is 12.4. The Labute approximate surface area is 123 Å². The van der Waals surface area contributed by atoms with E-state index >= 15 is 0 Å². The van der Waals surface area contributed by atoms with Gasteiger partial charge in [0.25, 0.3) is 0 Å². The number of anilines is 1. The number of ether oxygens (including phenoxy) is 1. The number of para-hydroxylation sites is 1. The lowest BCUT2D eigenvalue weighted by atomic mass is 10.00. The number of rotatable bonds is 3. The van der Waals surface area contributed by atoms with Crippen LogP contribution in [0, 0.1) is 6.92 Å². The monoisotopic (exact) mass is 282 g/mol. The first-order valence-electron chi connectivity index (χ1n) is 7.00. The highest BCUT2D eigenvalue weighted by molar-refractivity contribution is 5.85. The summed E-state index contributed by atoms with van der Waals surface area (Å²) < 4.78 is 5.55. The minimum atomic E-state index is -0.234. The molecule has 1 atom stereocenters. The molecule has 0 radical (unpaired) electrons. The van der Waals surface area contributed by atoms with Gasteiger partial charge in [-0.2, -0.15) is 0 Å². The van der Waals surface area contributed by atoms with Crippen LogP contribution in [-0.4, -0.2) is 12.5 Å². The molecule has 1 unspecified atom stereocenters. The summed E-state index contributed by atoms with van der Waals surface area (Å²) in [5, 5.41) is 2.98. The second-order valence-corrected chi connectivity index (χ2v) is 5.25. The van der Waals surface area contributed by atoms with Crippen LogP contribution in [0.15, 0.2) is 42.5 Å². The van der Waals surface area contributed by atoms with E-state index in [0.29, 0.717) is 13.2 Å². The van der Waals surface area contributed by atoms with E-state index in [4.69, 9.17) is 10.5 Å². The van der Waals surface area contributed by atoms with Crippen molar-refractivity contribution in [2.45, 2.75) is 19.4 Å². The van der Waals surface area contributed by atoms with E-state index in [2.05, 4.69) is 5.32 Å². The van der Waals surface area contributed by atoms with E-state index in [1.165, 1.54) is 0 Å². The highest BCUT2D eigenvalue weighted by Gasteiger charge is 2.29. The van der Waals surface area contributed by atoms with Gasteiger partial charge >= 0.3 is 0 Å². The molecule has 2 aromatic carbocycles. The lowest BCUT2D eigenvalue weighted by Crippen LogP contribution is -2.30. The lowest BCUT2D eigenvalue weighted by molar-refractivity contribution is -0.122. The maximum atomic E-state index is 12.4. The van der Waals surface area contributed by atoms with Gasteiger partial charge in [0.05, 0.1) is 0 Å². The van der Waals surface area contributed by atoms with Crippen molar-refractivity contribution in [3.05, 3.63) is 59.2 Å². The van der Waals surface area contributed by atoms with Crippen LogP contribution >= 0.6 is 0 Å². The largest absolute Gasteiger partial charge is 0.492 e. The van der Waals surface area contributed by atoms with Crippen LogP contribution in [0.5, 0.6) is 5.75 Å². The predicted molar refractivity (Wildman–Crippen MR) is 82.1 cm³/mol. The molecule has 1 aliphatic heterocycles. The average Bonchev–Trinajstić information content (AvgIpc) is 2.92. The fraction of sp³-hybridized carbons (Fsp3) is 0.235. The number of nitrogen functional groups attached to an aromatic ring is 1. The fourth-order valence-corrected chi connectivity index (χ4v) is 2.58. The number of carbonyl (C=O) groups is 1. The van der Waals surface area contributed by atoms with Crippen molar-refractivity contribution >= 4 is 11.6 Å². The number of benzene rings is 2. The summed E-state index contributed by atoms with van der Waals surface area (Å²) >= 11 is 0. The van der Waals surface area contributed by atoms with Crippen LogP contribution in [0.2, 0.25) is 0 Å². The molecule has 0 saturated carbocycles. The standard InChI is InChI=1S/C17H18N2O2/c1-11-12(5-4-7-15(11)18)9-19-17(20)14-10-21-16-8-3-2-6-13(14)16/h2-8,14H,9-10,18H2,1H3,(H,19,20). The zero-order valence-corrected chi connectivity index (χ0v) is 11.9. The molecule has 0 fully saturated rings. The molecule has 0 aromatic heterocycles. The molecule has 4 nitrogen and oxygen atoms in total. The van der Waals surface area contributed by atoms with Crippen molar-refractivity contribution in [1.29, 1.82) is 0 Å². The fourth-order valence-electron chi connectivity index (χ4n) is 2.58. The van der Waals surface area contributed by atoms with E-state index in [1.54, 1.807) is 0 Å². The predicted octanol–water partition coefficient (Wildman–Crippen LogP) is 2.37. The second-order valence-electron chi connectivity index (χ2n) is 5.25.